The lowest BCUT2D eigenvalue weighted by Gasteiger charge is -2.05. The minimum Gasteiger partial charge on any atom is -0.466 e. The highest BCUT2D eigenvalue weighted by Crippen LogP contribution is 2.31. The molecule has 1 aliphatic heterocycles. The van der Waals surface area contributed by atoms with Crippen molar-refractivity contribution in [3.8, 4) is 6.07 Å². The number of carbonyl (C=O) groups excluding carboxylic acids is 1. The van der Waals surface area contributed by atoms with Gasteiger partial charge in [-0.2, -0.15) is 5.26 Å². The zero-order valence-corrected chi connectivity index (χ0v) is 7.76. The van der Waals surface area contributed by atoms with E-state index in [4.69, 9.17) is 10.00 Å². The maximum absolute atomic E-state index is 11.2. The van der Waals surface area contributed by atoms with Crippen molar-refractivity contribution in [1.29, 1.82) is 5.26 Å². The number of ether oxygens (including phenoxy) is 1. The molecule has 0 bridgehead atoms. The summed E-state index contributed by atoms with van der Waals surface area (Å²) in [4.78, 5) is 11.2. The lowest BCUT2D eigenvalue weighted by Crippen LogP contribution is -2.17. The molecule has 1 aliphatic rings. The van der Waals surface area contributed by atoms with E-state index in [2.05, 4.69) is 6.07 Å². The van der Waals surface area contributed by atoms with Crippen molar-refractivity contribution in [2.75, 3.05) is 12.4 Å². The molecule has 0 N–H and O–H groups in total. The molecule has 0 aromatic carbocycles. The normalized spacial score (nSPS) is 28.0. The van der Waals surface area contributed by atoms with Gasteiger partial charge in [-0.05, 0) is 13.3 Å². The summed E-state index contributed by atoms with van der Waals surface area (Å²) < 4.78 is 4.86. The second kappa shape index (κ2) is 4.36. The molecule has 1 saturated heterocycles. The van der Waals surface area contributed by atoms with Crippen LogP contribution in [0.4, 0.5) is 0 Å². The van der Waals surface area contributed by atoms with Crippen LogP contribution in [0.25, 0.3) is 0 Å². The Morgan fingerprint density at radius 1 is 1.83 bits per heavy atom. The standard InChI is InChI=1S/C8H11NO2S/c1-2-11-8(10)6-3-7(4-9)12-5-6/h6-7H,2-3,5H2,1H3/t6-,7-/m0/s1. The fourth-order valence-corrected chi connectivity index (χ4v) is 2.32. The highest BCUT2D eigenvalue weighted by molar-refractivity contribution is 8.00. The Kier molecular flexibility index (Phi) is 3.42. The molecule has 4 heteroatoms. The Morgan fingerprint density at radius 3 is 3.08 bits per heavy atom. The maximum atomic E-state index is 11.2. The molecule has 1 fully saturated rings. The quantitative estimate of drug-likeness (QED) is 0.606. The van der Waals surface area contributed by atoms with Gasteiger partial charge in [-0.3, -0.25) is 4.79 Å². The molecular formula is C8H11NO2S. The zero-order valence-electron chi connectivity index (χ0n) is 6.95. The van der Waals surface area contributed by atoms with Crippen molar-refractivity contribution < 1.29 is 9.53 Å². The molecule has 0 aromatic heterocycles. The van der Waals surface area contributed by atoms with Crippen LogP contribution in [0.2, 0.25) is 0 Å². The van der Waals surface area contributed by atoms with Crippen molar-refractivity contribution in [1.82, 2.24) is 0 Å². The van der Waals surface area contributed by atoms with Crippen LogP contribution in [0.15, 0.2) is 0 Å². The molecular weight excluding hydrogens is 174 g/mol. The van der Waals surface area contributed by atoms with E-state index in [1.807, 2.05) is 0 Å². The molecule has 3 nitrogen and oxygen atoms in total. The number of hydrogen-bond acceptors (Lipinski definition) is 4. The van der Waals surface area contributed by atoms with E-state index in [0.29, 0.717) is 13.0 Å². The number of thioether (sulfide) groups is 1. The Hall–Kier alpha value is -0.690. The van der Waals surface area contributed by atoms with Crippen molar-refractivity contribution in [3.63, 3.8) is 0 Å². The lowest BCUT2D eigenvalue weighted by atomic mass is 10.1. The summed E-state index contributed by atoms with van der Waals surface area (Å²) in [6.45, 7) is 2.22. The summed E-state index contributed by atoms with van der Waals surface area (Å²) in [5.74, 6) is 0.527. The molecule has 0 aromatic rings. The minimum absolute atomic E-state index is 0.0144. The van der Waals surface area contributed by atoms with Gasteiger partial charge < -0.3 is 4.74 Å². The van der Waals surface area contributed by atoms with Crippen LogP contribution in [-0.2, 0) is 9.53 Å². The van der Waals surface area contributed by atoms with E-state index in [-0.39, 0.29) is 17.1 Å². The van der Waals surface area contributed by atoms with Crippen molar-refractivity contribution in [2.45, 2.75) is 18.6 Å². The van der Waals surface area contributed by atoms with Crippen LogP contribution < -0.4 is 0 Å². The van der Waals surface area contributed by atoms with E-state index < -0.39 is 0 Å². The molecule has 0 saturated carbocycles. The second-order valence-corrected chi connectivity index (χ2v) is 3.87. The monoisotopic (exact) mass is 185 g/mol. The number of nitrogens with zero attached hydrogens (tertiary/aromatic N) is 1. The average molecular weight is 185 g/mol. The Labute approximate surface area is 76.1 Å². The average Bonchev–Trinajstić information content (AvgIpc) is 2.52. The topological polar surface area (TPSA) is 50.1 Å². The van der Waals surface area contributed by atoms with E-state index in [9.17, 15) is 4.79 Å². The Balaban J connectivity index is 2.37. The van der Waals surface area contributed by atoms with Gasteiger partial charge in [0.1, 0.15) is 0 Å². The molecule has 0 aliphatic carbocycles. The molecule has 0 spiro atoms. The number of hydrogen-bond donors (Lipinski definition) is 0. The predicted molar refractivity (Wildman–Crippen MR) is 46.6 cm³/mol. The SMILES string of the molecule is CCOC(=O)[C@@H]1CS[C@H](C#N)C1. The van der Waals surface area contributed by atoms with Gasteiger partial charge in [0, 0.05) is 5.75 Å². The summed E-state index contributed by atoms with van der Waals surface area (Å²) in [7, 11) is 0. The summed E-state index contributed by atoms with van der Waals surface area (Å²) in [6.07, 6.45) is 0.653. The number of carbonyl (C=O) groups is 1. The highest BCUT2D eigenvalue weighted by atomic mass is 32.2. The van der Waals surface area contributed by atoms with E-state index in [1.165, 1.54) is 0 Å². The van der Waals surface area contributed by atoms with Crippen molar-refractivity contribution in [3.05, 3.63) is 0 Å². The Morgan fingerprint density at radius 2 is 2.58 bits per heavy atom. The van der Waals surface area contributed by atoms with E-state index in [0.717, 1.165) is 5.75 Å². The second-order valence-electron chi connectivity index (χ2n) is 2.64. The smallest absolute Gasteiger partial charge is 0.309 e. The molecule has 0 radical (unpaired) electrons. The fraction of sp³-hybridized carbons (Fsp3) is 0.750. The molecule has 12 heavy (non-hydrogen) atoms. The summed E-state index contributed by atoms with van der Waals surface area (Å²) in [5, 5.41) is 8.56. The number of esters is 1. The molecule has 2 atom stereocenters. The van der Waals surface area contributed by atoms with Crippen LogP contribution in [0.3, 0.4) is 0 Å². The first-order valence-electron chi connectivity index (χ1n) is 3.95. The third kappa shape index (κ3) is 2.15. The third-order valence-electron chi connectivity index (χ3n) is 1.76. The summed E-state index contributed by atoms with van der Waals surface area (Å²) in [5.41, 5.74) is 0. The van der Waals surface area contributed by atoms with Gasteiger partial charge in [-0.1, -0.05) is 0 Å². The maximum Gasteiger partial charge on any atom is 0.309 e. The minimum atomic E-state index is -0.150. The van der Waals surface area contributed by atoms with Crippen LogP contribution in [0.5, 0.6) is 0 Å². The lowest BCUT2D eigenvalue weighted by molar-refractivity contribution is -0.147. The van der Waals surface area contributed by atoms with Crippen LogP contribution >= 0.6 is 11.8 Å². The first-order chi connectivity index (χ1) is 5.77. The van der Waals surface area contributed by atoms with E-state index >= 15 is 0 Å². The van der Waals surface area contributed by atoms with Gasteiger partial charge in [-0.15, -0.1) is 11.8 Å². The van der Waals surface area contributed by atoms with Crippen LogP contribution in [0, 0.1) is 17.2 Å². The van der Waals surface area contributed by atoms with Gasteiger partial charge in [0.15, 0.2) is 0 Å². The Bertz CT molecular complexity index is 212. The third-order valence-corrected chi connectivity index (χ3v) is 3.06. The van der Waals surface area contributed by atoms with Gasteiger partial charge >= 0.3 is 5.97 Å². The van der Waals surface area contributed by atoms with Crippen LogP contribution in [-0.4, -0.2) is 23.6 Å². The molecule has 1 heterocycles. The van der Waals surface area contributed by atoms with E-state index in [1.54, 1.807) is 18.7 Å². The molecule has 0 amide bonds. The predicted octanol–water partition coefficient (Wildman–Crippen LogP) is 1.19. The van der Waals surface area contributed by atoms with Gasteiger partial charge in [0.2, 0.25) is 0 Å². The highest BCUT2D eigenvalue weighted by Gasteiger charge is 2.31. The zero-order chi connectivity index (χ0) is 8.97. The molecule has 0 unspecified atom stereocenters. The van der Waals surface area contributed by atoms with Crippen LogP contribution in [0.1, 0.15) is 13.3 Å². The summed E-state index contributed by atoms with van der Waals surface area (Å²) >= 11 is 1.54. The first kappa shape index (κ1) is 9.40. The first-order valence-corrected chi connectivity index (χ1v) is 5.00. The molecule has 66 valence electrons. The summed E-state index contributed by atoms with van der Waals surface area (Å²) in [6, 6.07) is 2.15. The van der Waals surface area contributed by atoms with Gasteiger partial charge in [0.05, 0.1) is 23.8 Å². The van der Waals surface area contributed by atoms with Crippen molar-refractivity contribution >= 4 is 17.7 Å². The largest absolute Gasteiger partial charge is 0.466 e. The molecule has 1 rings (SSSR count). The van der Waals surface area contributed by atoms with Gasteiger partial charge in [-0.25, -0.2) is 0 Å². The van der Waals surface area contributed by atoms with Gasteiger partial charge in [0.25, 0.3) is 0 Å². The fourth-order valence-electron chi connectivity index (χ4n) is 1.14. The van der Waals surface area contributed by atoms with Crippen molar-refractivity contribution in [2.24, 2.45) is 5.92 Å². The number of rotatable bonds is 2. The number of nitriles is 1.